The van der Waals surface area contributed by atoms with Gasteiger partial charge < -0.3 is 10.4 Å². The summed E-state index contributed by atoms with van der Waals surface area (Å²) in [6.07, 6.45) is 0. The number of benzene rings is 1. The van der Waals surface area contributed by atoms with Gasteiger partial charge in [0.1, 0.15) is 5.82 Å². The molecule has 2 N–H and O–H groups in total. The molecule has 0 fully saturated rings. The Hall–Kier alpha value is -2.17. The Labute approximate surface area is 105 Å². The Bertz CT molecular complexity index is 572. The average molecular weight is 247 g/mol. The van der Waals surface area contributed by atoms with Crippen LogP contribution in [0.3, 0.4) is 0 Å². The molecule has 0 radical (unpaired) electrons. The fourth-order valence-corrected chi connectivity index (χ4v) is 1.62. The van der Waals surface area contributed by atoms with E-state index in [0.29, 0.717) is 17.2 Å². The quantitative estimate of drug-likeness (QED) is 0.875. The molecule has 4 nitrogen and oxygen atoms in total. The normalized spacial score (nSPS) is 10.4. The zero-order chi connectivity index (χ0) is 13.1. The van der Waals surface area contributed by atoms with E-state index in [-0.39, 0.29) is 5.75 Å². The first kappa shape index (κ1) is 12.3. The lowest BCUT2D eigenvalue weighted by Gasteiger charge is -2.07. The van der Waals surface area contributed by atoms with Crippen LogP contribution in [0.1, 0.15) is 12.6 Å². The number of anilines is 1. The highest BCUT2D eigenvalue weighted by atomic mass is 19.1. The maximum absolute atomic E-state index is 13.3. The summed E-state index contributed by atoms with van der Waals surface area (Å²) in [5.74, 6) is 0.0826. The Kier molecular flexibility index (Phi) is 3.41. The van der Waals surface area contributed by atoms with Crippen molar-refractivity contribution in [1.82, 2.24) is 9.97 Å². The number of nitrogens with one attached hydrogen (secondary N) is 1. The van der Waals surface area contributed by atoms with Gasteiger partial charge >= 0.3 is 0 Å². The average Bonchev–Trinajstić information content (AvgIpc) is 2.32. The summed E-state index contributed by atoms with van der Waals surface area (Å²) in [5, 5.41) is 12.2. The van der Waals surface area contributed by atoms with E-state index in [0.717, 1.165) is 12.2 Å². The van der Waals surface area contributed by atoms with Crippen molar-refractivity contribution >= 4 is 5.82 Å². The van der Waals surface area contributed by atoms with E-state index in [1.807, 2.05) is 19.9 Å². The molecule has 0 amide bonds. The van der Waals surface area contributed by atoms with Crippen LogP contribution in [0.4, 0.5) is 10.2 Å². The zero-order valence-corrected chi connectivity index (χ0v) is 10.2. The molecular weight excluding hydrogens is 233 g/mol. The standard InChI is InChI=1S/C13H14FN3O/c1-3-15-12-6-8(2)16-13(17-12)9-4-5-11(18)10(14)7-9/h4-7,18H,3H2,1-2H3,(H,15,16,17). The van der Waals surface area contributed by atoms with Gasteiger partial charge in [-0.1, -0.05) is 0 Å². The van der Waals surface area contributed by atoms with Gasteiger partial charge in [-0.05, 0) is 32.0 Å². The summed E-state index contributed by atoms with van der Waals surface area (Å²) in [6.45, 7) is 4.57. The van der Waals surface area contributed by atoms with Gasteiger partial charge in [-0.2, -0.15) is 0 Å². The fraction of sp³-hybridized carbons (Fsp3) is 0.231. The van der Waals surface area contributed by atoms with Crippen LogP contribution in [0.2, 0.25) is 0 Å². The highest BCUT2D eigenvalue weighted by molar-refractivity contribution is 5.58. The zero-order valence-electron chi connectivity index (χ0n) is 10.2. The lowest BCUT2D eigenvalue weighted by atomic mass is 10.2. The van der Waals surface area contributed by atoms with Crippen LogP contribution in [-0.2, 0) is 0 Å². The lowest BCUT2D eigenvalue weighted by molar-refractivity contribution is 0.432. The fourth-order valence-electron chi connectivity index (χ4n) is 1.62. The van der Waals surface area contributed by atoms with Crippen LogP contribution in [-0.4, -0.2) is 21.6 Å². The van der Waals surface area contributed by atoms with E-state index in [2.05, 4.69) is 15.3 Å². The molecule has 0 saturated carbocycles. The summed E-state index contributed by atoms with van der Waals surface area (Å²) in [5.41, 5.74) is 1.33. The number of aromatic nitrogens is 2. The van der Waals surface area contributed by atoms with Crippen molar-refractivity contribution in [2.75, 3.05) is 11.9 Å². The monoisotopic (exact) mass is 247 g/mol. The number of hydrogen-bond donors (Lipinski definition) is 2. The molecule has 1 aromatic heterocycles. The van der Waals surface area contributed by atoms with Gasteiger partial charge in [0.25, 0.3) is 0 Å². The predicted molar refractivity (Wildman–Crippen MR) is 68.0 cm³/mol. The minimum Gasteiger partial charge on any atom is -0.505 e. The van der Waals surface area contributed by atoms with Crippen LogP contribution in [0.15, 0.2) is 24.3 Å². The van der Waals surface area contributed by atoms with Gasteiger partial charge in [0.15, 0.2) is 17.4 Å². The molecule has 1 heterocycles. The predicted octanol–water partition coefficient (Wildman–Crippen LogP) is 2.73. The van der Waals surface area contributed by atoms with Crippen LogP contribution in [0.5, 0.6) is 5.75 Å². The molecule has 0 aliphatic rings. The van der Waals surface area contributed by atoms with E-state index in [1.165, 1.54) is 12.1 Å². The molecule has 0 unspecified atom stereocenters. The van der Waals surface area contributed by atoms with Crippen molar-refractivity contribution in [2.24, 2.45) is 0 Å². The molecule has 94 valence electrons. The number of rotatable bonds is 3. The third kappa shape index (κ3) is 2.56. The molecule has 0 saturated heterocycles. The van der Waals surface area contributed by atoms with Crippen LogP contribution >= 0.6 is 0 Å². The highest BCUT2D eigenvalue weighted by Gasteiger charge is 2.08. The van der Waals surface area contributed by atoms with Gasteiger partial charge in [0.2, 0.25) is 0 Å². The molecule has 0 atom stereocenters. The van der Waals surface area contributed by atoms with Crippen LogP contribution in [0, 0.1) is 12.7 Å². The third-order valence-electron chi connectivity index (χ3n) is 2.42. The first-order chi connectivity index (χ1) is 8.60. The number of phenols is 1. The number of nitrogens with zero attached hydrogens (tertiary/aromatic N) is 2. The number of hydrogen-bond acceptors (Lipinski definition) is 4. The van der Waals surface area contributed by atoms with E-state index in [1.54, 1.807) is 6.07 Å². The van der Waals surface area contributed by atoms with Crippen LogP contribution < -0.4 is 5.32 Å². The SMILES string of the molecule is CCNc1cc(C)nc(-c2ccc(O)c(F)c2)n1. The Morgan fingerprint density at radius 2 is 2.06 bits per heavy atom. The molecule has 0 spiro atoms. The highest BCUT2D eigenvalue weighted by Crippen LogP contribution is 2.23. The molecule has 1 aromatic carbocycles. The summed E-state index contributed by atoms with van der Waals surface area (Å²) >= 11 is 0. The lowest BCUT2D eigenvalue weighted by Crippen LogP contribution is -2.02. The van der Waals surface area contributed by atoms with E-state index < -0.39 is 5.82 Å². The van der Waals surface area contributed by atoms with Crippen molar-refractivity contribution in [3.63, 3.8) is 0 Å². The van der Waals surface area contributed by atoms with Crippen molar-refractivity contribution < 1.29 is 9.50 Å². The number of aromatic hydroxyl groups is 1. The van der Waals surface area contributed by atoms with Crippen molar-refractivity contribution in [2.45, 2.75) is 13.8 Å². The van der Waals surface area contributed by atoms with Gasteiger partial charge in [-0.3, -0.25) is 0 Å². The maximum Gasteiger partial charge on any atom is 0.165 e. The molecule has 2 aromatic rings. The smallest absolute Gasteiger partial charge is 0.165 e. The van der Waals surface area contributed by atoms with Crippen molar-refractivity contribution in [1.29, 1.82) is 0 Å². The Balaban J connectivity index is 2.46. The minimum atomic E-state index is -0.678. The summed E-state index contributed by atoms with van der Waals surface area (Å²) in [4.78, 5) is 8.55. The van der Waals surface area contributed by atoms with Gasteiger partial charge in [0.05, 0.1) is 0 Å². The van der Waals surface area contributed by atoms with E-state index in [4.69, 9.17) is 5.11 Å². The minimum absolute atomic E-state index is 0.377. The first-order valence-corrected chi connectivity index (χ1v) is 5.68. The second-order valence-corrected chi connectivity index (χ2v) is 3.91. The van der Waals surface area contributed by atoms with Crippen molar-refractivity contribution in [3.8, 4) is 17.1 Å². The molecule has 5 heteroatoms. The second kappa shape index (κ2) is 5.00. The van der Waals surface area contributed by atoms with E-state index >= 15 is 0 Å². The van der Waals surface area contributed by atoms with Gasteiger partial charge in [0, 0.05) is 23.9 Å². The second-order valence-electron chi connectivity index (χ2n) is 3.91. The Morgan fingerprint density at radius 3 is 2.72 bits per heavy atom. The summed E-state index contributed by atoms with van der Waals surface area (Å²) in [7, 11) is 0. The molecular formula is C13H14FN3O. The summed E-state index contributed by atoms with van der Waals surface area (Å²) in [6, 6.07) is 5.93. The topological polar surface area (TPSA) is 58.0 Å². The molecule has 0 aliphatic heterocycles. The summed E-state index contributed by atoms with van der Waals surface area (Å²) < 4.78 is 13.3. The molecule has 0 aliphatic carbocycles. The van der Waals surface area contributed by atoms with Gasteiger partial charge in [-0.15, -0.1) is 0 Å². The van der Waals surface area contributed by atoms with E-state index in [9.17, 15) is 4.39 Å². The maximum atomic E-state index is 13.3. The third-order valence-corrected chi connectivity index (χ3v) is 2.42. The molecule has 0 bridgehead atoms. The number of halogens is 1. The largest absolute Gasteiger partial charge is 0.505 e. The van der Waals surface area contributed by atoms with Crippen LogP contribution in [0.25, 0.3) is 11.4 Å². The van der Waals surface area contributed by atoms with Gasteiger partial charge in [-0.25, -0.2) is 14.4 Å². The first-order valence-electron chi connectivity index (χ1n) is 5.68. The number of phenolic OH excluding ortho intramolecular Hbond substituents is 1. The Morgan fingerprint density at radius 1 is 1.28 bits per heavy atom. The molecule has 2 rings (SSSR count). The van der Waals surface area contributed by atoms with Crippen molar-refractivity contribution in [3.05, 3.63) is 35.8 Å². The number of aryl methyl sites for hydroxylation is 1. The molecule has 18 heavy (non-hydrogen) atoms.